The highest BCUT2D eigenvalue weighted by molar-refractivity contribution is 7.10. The van der Waals surface area contributed by atoms with Crippen LogP contribution in [0.4, 0.5) is 5.69 Å². The molecule has 37 heavy (non-hydrogen) atoms. The van der Waals surface area contributed by atoms with Crippen LogP contribution in [0.5, 0.6) is 11.5 Å². The van der Waals surface area contributed by atoms with E-state index in [4.69, 9.17) is 14.2 Å². The van der Waals surface area contributed by atoms with Gasteiger partial charge in [0.15, 0.2) is 0 Å². The maximum absolute atomic E-state index is 13.3. The van der Waals surface area contributed by atoms with Crippen molar-refractivity contribution in [1.29, 1.82) is 0 Å². The van der Waals surface area contributed by atoms with Crippen molar-refractivity contribution in [2.24, 2.45) is 0 Å². The van der Waals surface area contributed by atoms with Gasteiger partial charge in [0.2, 0.25) is 0 Å². The molecule has 3 aromatic rings. The van der Waals surface area contributed by atoms with Gasteiger partial charge in [-0.3, -0.25) is 19.3 Å². The molecule has 2 heterocycles. The Morgan fingerprint density at radius 3 is 2.38 bits per heavy atom. The number of aliphatic hydroxyl groups is 1. The molecule has 1 N–H and O–H groups in total. The number of aliphatic hydroxyl groups excluding tert-OH is 1. The summed E-state index contributed by atoms with van der Waals surface area (Å²) in [5.74, 6) is -1.51. The van der Waals surface area contributed by atoms with Gasteiger partial charge in [-0.2, -0.15) is 0 Å². The average Bonchev–Trinajstić information content (AvgIpc) is 3.50. The summed E-state index contributed by atoms with van der Waals surface area (Å²) >= 11 is 1.37. The van der Waals surface area contributed by atoms with E-state index in [1.54, 1.807) is 62.4 Å². The Hall–Kier alpha value is -4.11. The van der Waals surface area contributed by atoms with Crippen molar-refractivity contribution >= 4 is 40.4 Å². The molecule has 0 aliphatic carbocycles. The standard InChI is InChI=1S/C28H27NO7S/c1-16(2)36-23(30)14-17-7-9-18(10-8-17)29-25(22-6-5-13-37-22)24(27(32)28(29)33)26(31)20-15-19(34-3)11-12-21(20)35-4/h5-13,15-16,25,31H,14H2,1-4H3/b26-24-. The number of rotatable bonds is 8. The number of nitrogens with zero attached hydrogens (tertiary/aromatic N) is 1. The monoisotopic (exact) mass is 521 g/mol. The quantitative estimate of drug-likeness (QED) is 0.195. The van der Waals surface area contributed by atoms with Crippen molar-refractivity contribution < 1.29 is 33.7 Å². The van der Waals surface area contributed by atoms with Crippen LogP contribution in [0.3, 0.4) is 0 Å². The molecule has 1 aliphatic heterocycles. The number of anilines is 1. The smallest absolute Gasteiger partial charge is 0.310 e. The van der Waals surface area contributed by atoms with Crippen LogP contribution in [0.1, 0.15) is 35.9 Å². The van der Waals surface area contributed by atoms with Crippen LogP contribution in [0.15, 0.2) is 65.6 Å². The van der Waals surface area contributed by atoms with Crippen molar-refractivity contribution in [2.45, 2.75) is 32.4 Å². The first-order chi connectivity index (χ1) is 17.7. The molecule has 0 saturated carbocycles. The second kappa shape index (κ2) is 10.9. The normalized spacial score (nSPS) is 16.8. The predicted molar refractivity (Wildman–Crippen MR) is 140 cm³/mol. The lowest BCUT2D eigenvalue weighted by Crippen LogP contribution is -2.29. The summed E-state index contributed by atoms with van der Waals surface area (Å²) in [5, 5.41) is 13.2. The predicted octanol–water partition coefficient (Wildman–Crippen LogP) is 4.89. The summed E-state index contributed by atoms with van der Waals surface area (Å²) in [6.45, 7) is 3.56. The van der Waals surface area contributed by atoms with Crippen LogP contribution >= 0.6 is 11.3 Å². The number of methoxy groups -OCH3 is 2. The van der Waals surface area contributed by atoms with E-state index in [0.29, 0.717) is 27.6 Å². The minimum absolute atomic E-state index is 0.0522. The molecule has 192 valence electrons. The van der Waals surface area contributed by atoms with Gasteiger partial charge < -0.3 is 19.3 Å². The molecule has 0 bridgehead atoms. The highest BCUT2D eigenvalue weighted by Crippen LogP contribution is 2.45. The molecule has 1 saturated heterocycles. The minimum atomic E-state index is -0.854. The van der Waals surface area contributed by atoms with E-state index in [9.17, 15) is 19.5 Å². The number of amides is 1. The number of esters is 1. The zero-order valence-corrected chi connectivity index (χ0v) is 21.7. The van der Waals surface area contributed by atoms with Crippen molar-refractivity contribution in [3.05, 3.63) is 81.6 Å². The summed E-state index contributed by atoms with van der Waals surface area (Å²) in [4.78, 5) is 40.8. The van der Waals surface area contributed by atoms with Gasteiger partial charge in [-0.1, -0.05) is 18.2 Å². The second-order valence-corrected chi connectivity index (χ2v) is 9.61. The van der Waals surface area contributed by atoms with Crippen LogP contribution in [-0.2, 0) is 25.5 Å². The molecule has 1 aromatic heterocycles. The van der Waals surface area contributed by atoms with Crippen LogP contribution in [-0.4, -0.2) is 43.1 Å². The number of carbonyl (C=O) groups excluding carboxylic acids is 3. The zero-order chi connectivity index (χ0) is 26.7. The molecule has 1 aliphatic rings. The maximum atomic E-state index is 13.3. The Morgan fingerprint density at radius 2 is 1.78 bits per heavy atom. The molecule has 0 spiro atoms. The third-order valence-electron chi connectivity index (χ3n) is 5.85. The van der Waals surface area contributed by atoms with Crippen molar-refractivity contribution in [3.63, 3.8) is 0 Å². The number of hydrogen-bond donors (Lipinski definition) is 1. The topological polar surface area (TPSA) is 102 Å². The Bertz CT molecular complexity index is 1340. The fourth-order valence-electron chi connectivity index (χ4n) is 4.20. The molecule has 0 radical (unpaired) electrons. The van der Waals surface area contributed by atoms with E-state index in [2.05, 4.69) is 0 Å². The van der Waals surface area contributed by atoms with E-state index in [1.807, 2.05) is 11.4 Å². The summed E-state index contributed by atoms with van der Waals surface area (Å²) in [7, 11) is 2.94. The number of carbonyl (C=O) groups is 3. The summed E-state index contributed by atoms with van der Waals surface area (Å²) in [6, 6.07) is 14.4. The second-order valence-electron chi connectivity index (χ2n) is 8.63. The van der Waals surface area contributed by atoms with Gasteiger partial charge in [0.1, 0.15) is 23.3 Å². The molecule has 4 rings (SSSR count). The first-order valence-electron chi connectivity index (χ1n) is 11.6. The fraction of sp³-hybridized carbons (Fsp3) is 0.250. The number of hydrogen-bond acceptors (Lipinski definition) is 8. The van der Waals surface area contributed by atoms with Crippen LogP contribution < -0.4 is 14.4 Å². The lowest BCUT2D eigenvalue weighted by atomic mass is 9.99. The number of ether oxygens (including phenoxy) is 3. The van der Waals surface area contributed by atoms with E-state index in [-0.39, 0.29) is 35.4 Å². The lowest BCUT2D eigenvalue weighted by molar-refractivity contribution is -0.146. The van der Waals surface area contributed by atoms with Gasteiger partial charge in [0.25, 0.3) is 11.7 Å². The first kappa shape index (κ1) is 26.0. The molecule has 9 heteroatoms. The molecule has 1 unspecified atom stereocenters. The number of ketones is 1. The van der Waals surface area contributed by atoms with Gasteiger partial charge in [-0.05, 0) is 61.2 Å². The van der Waals surface area contributed by atoms with Gasteiger partial charge in [0, 0.05) is 10.6 Å². The van der Waals surface area contributed by atoms with Gasteiger partial charge in [-0.15, -0.1) is 11.3 Å². The number of Topliss-reactive ketones (excluding diaryl/α,β-unsaturated/α-hetero) is 1. The molecule has 1 fully saturated rings. The highest BCUT2D eigenvalue weighted by atomic mass is 32.1. The number of benzene rings is 2. The molecule has 1 amide bonds. The third kappa shape index (κ3) is 5.22. The van der Waals surface area contributed by atoms with E-state index in [0.717, 1.165) is 0 Å². The largest absolute Gasteiger partial charge is 0.507 e. The summed E-state index contributed by atoms with van der Waals surface area (Å²) in [5.41, 5.74) is 1.35. The molecular weight excluding hydrogens is 494 g/mol. The third-order valence-corrected chi connectivity index (χ3v) is 6.77. The van der Waals surface area contributed by atoms with Crippen LogP contribution in [0.25, 0.3) is 5.76 Å². The average molecular weight is 522 g/mol. The molecule has 2 aromatic carbocycles. The van der Waals surface area contributed by atoms with Crippen LogP contribution in [0.2, 0.25) is 0 Å². The van der Waals surface area contributed by atoms with Crippen molar-refractivity contribution in [1.82, 2.24) is 0 Å². The van der Waals surface area contributed by atoms with Crippen molar-refractivity contribution in [3.8, 4) is 11.5 Å². The lowest BCUT2D eigenvalue weighted by Gasteiger charge is -2.24. The first-order valence-corrected chi connectivity index (χ1v) is 12.5. The maximum Gasteiger partial charge on any atom is 0.310 e. The summed E-state index contributed by atoms with van der Waals surface area (Å²) in [6.07, 6.45) is -0.131. The Morgan fingerprint density at radius 1 is 1.05 bits per heavy atom. The van der Waals surface area contributed by atoms with E-state index in [1.165, 1.54) is 30.5 Å². The van der Waals surface area contributed by atoms with E-state index >= 15 is 0 Å². The number of thiophene rings is 1. The van der Waals surface area contributed by atoms with Gasteiger partial charge in [-0.25, -0.2) is 0 Å². The zero-order valence-electron chi connectivity index (χ0n) is 20.9. The van der Waals surface area contributed by atoms with Gasteiger partial charge >= 0.3 is 5.97 Å². The van der Waals surface area contributed by atoms with Gasteiger partial charge in [0.05, 0.1) is 37.9 Å². The molecular formula is C28H27NO7S. The fourth-order valence-corrected chi connectivity index (χ4v) is 5.03. The Labute approximate surface area is 218 Å². The van der Waals surface area contributed by atoms with Crippen LogP contribution in [0, 0.1) is 0 Å². The minimum Gasteiger partial charge on any atom is -0.507 e. The summed E-state index contributed by atoms with van der Waals surface area (Å²) < 4.78 is 15.9. The Balaban J connectivity index is 1.79. The SMILES string of the molecule is COc1ccc(OC)c(/C(O)=C2/C(=O)C(=O)N(c3ccc(CC(=O)OC(C)C)cc3)C2c2cccs2)c1. The van der Waals surface area contributed by atoms with E-state index < -0.39 is 17.7 Å². The highest BCUT2D eigenvalue weighted by Gasteiger charge is 2.47. The molecule has 8 nitrogen and oxygen atoms in total. The Kier molecular flexibility index (Phi) is 7.63. The molecule has 1 atom stereocenters. The van der Waals surface area contributed by atoms with Crippen molar-refractivity contribution in [2.75, 3.05) is 19.1 Å².